The molecule has 0 aliphatic heterocycles. The van der Waals surface area contributed by atoms with Crippen LogP contribution in [-0.4, -0.2) is 33.4 Å². The number of aromatic nitrogens is 2. The van der Waals surface area contributed by atoms with Crippen molar-refractivity contribution in [3.05, 3.63) is 36.4 Å². The van der Waals surface area contributed by atoms with Crippen molar-refractivity contribution in [1.82, 2.24) is 9.97 Å². The van der Waals surface area contributed by atoms with Crippen LogP contribution in [0.4, 0.5) is 0 Å². The molecule has 0 saturated carbocycles. The van der Waals surface area contributed by atoms with Crippen LogP contribution in [0.25, 0.3) is 11.3 Å². The van der Waals surface area contributed by atoms with Gasteiger partial charge in [0.05, 0.1) is 17.6 Å². The molecule has 1 heterocycles. The van der Waals surface area contributed by atoms with Crippen LogP contribution in [0.15, 0.2) is 46.6 Å². The smallest absolute Gasteiger partial charge is 0.189 e. The summed E-state index contributed by atoms with van der Waals surface area (Å²) in [6.07, 6.45) is 0. The molecule has 2 aromatic rings. The molecule has 0 fully saturated rings. The van der Waals surface area contributed by atoms with E-state index >= 15 is 0 Å². The van der Waals surface area contributed by atoms with Crippen LogP contribution in [0.2, 0.25) is 0 Å². The van der Waals surface area contributed by atoms with Gasteiger partial charge in [0.2, 0.25) is 0 Å². The number of benzene rings is 1. The first-order chi connectivity index (χ1) is 10.5. The fraction of sp³-hybridized carbons (Fsp3) is 0.143. The number of rotatable bonds is 7. The summed E-state index contributed by atoms with van der Waals surface area (Å²) < 4.78 is 0. The van der Waals surface area contributed by atoms with Gasteiger partial charge in [-0.2, -0.15) is 0 Å². The van der Waals surface area contributed by atoms with Crippen molar-refractivity contribution in [3.63, 3.8) is 0 Å². The van der Waals surface area contributed by atoms with Gasteiger partial charge in [0.25, 0.3) is 0 Å². The van der Waals surface area contributed by atoms with Gasteiger partial charge in [0.15, 0.2) is 5.16 Å². The number of carbonyl (C=O) groups excluding carboxylic acids is 2. The van der Waals surface area contributed by atoms with E-state index in [-0.39, 0.29) is 16.7 Å². The molecule has 6 nitrogen and oxygen atoms in total. The van der Waals surface area contributed by atoms with E-state index < -0.39 is 11.9 Å². The predicted molar refractivity (Wildman–Crippen MR) is 78.9 cm³/mol. The highest BCUT2D eigenvalue weighted by atomic mass is 32.2. The van der Waals surface area contributed by atoms with Crippen LogP contribution in [-0.2, 0) is 9.59 Å². The number of carboxylic acids is 2. The Balaban J connectivity index is 2.30. The third-order valence-electron chi connectivity index (χ3n) is 2.41. The number of carbonyl (C=O) groups is 2. The Bertz CT molecular complexity index is 644. The number of carboxylic acid groups (broad SMARTS) is 2. The van der Waals surface area contributed by atoms with Crippen molar-refractivity contribution in [3.8, 4) is 11.3 Å². The first-order valence-electron chi connectivity index (χ1n) is 6.14. The van der Waals surface area contributed by atoms with E-state index in [1.807, 2.05) is 30.3 Å². The van der Waals surface area contributed by atoms with Crippen molar-refractivity contribution in [1.29, 1.82) is 0 Å². The molecule has 0 amide bonds. The average Bonchev–Trinajstić information content (AvgIpc) is 2.51. The Hall–Kier alpha value is -2.06. The number of hydrogen-bond acceptors (Lipinski definition) is 8. The highest BCUT2D eigenvalue weighted by Gasteiger charge is 2.08. The summed E-state index contributed by atoms with van der Waals surface area (Å²) in [6, 6.07) is 10.9. The quantitative estimate of drug-likeness (QED) is 0.390. The maximum absolute atomic E-state index is 10.6. The second-order valence-corrected chi connectivity index (χ2v) is 6.00. The third-order valence-corrected chi connectivity index (χ3v) is 4.11. The zero-order valence-corrected chi connectivity index (χ0v) is 12.9. The van der Waals surface area contributed by atoms with Crippen molar-refractivity contribution in [2.75, 3.05) is 11.5 Å². The van der Waals surface area contributed by atoms with E-state index in [4.69, 9.17) is 0 Å². The predicted octanol–water partition coefficient (Wildman–Crippen LogP) is -0.172. The summed E-state index contributed by atoms with van der Waals surface area (Å²) >= 11 is 1.92. The zero-order chi connectivity index (χ0) is 15.9. The molecule has 0 aliphatic rings. The van der Waals surface area contributed by atoms with Crippen molar-refractivity contribution >= 4 is 35.5 Å². The summed E-state index contributed by atoms with van der Waals surface area (Å²) in [6.45, 7) is 0. The molecule has 0 aliphatic carbocycles. The highest BCUT2D eigenvalue weighted by Crippen LogP contribution is 2.26. The fourth-order valence-corrected chi connectivity index (χ4v) is 2.80. The summed E-state index contributed by atoms with van der Waals surface area (Å²) in [4.78, 5) is 29.5. The molecule has 1 aromatic heterocycles. The largest absolute Gasteiger partial charge is 0.549 e. The van der Waals surface area contributed by atoms with E-state index in [1.54, 1.807) is 6.07 Å². The lowest BCUT2D eigenvalue weighted by molar-refractivity contribution is -0.302. The molecule has 0 atom stereocenters. The van der Waals surface area contributed by atoms with Gasteiger partial charge in [-0.05, 0) is 6.07 Å². The molecule has 0 spiro atoms. The maximum Gasteiger partial charge on any atom is 0.189 e. The minimum atomic E-state index is -1.22. The third kappa shape index (κ3) is 5.05. The van der Waals surface area contributed by atoms with Crippen LogP contribution in [0.5, 0.6) is 0 Å². The molecule has 0 N–H and O–H groups in total. The number of aliphatic carboxylic acids is 2. The zero-order valence-electron chi connectivity index (χ0n) is 11.2. The van der Waals surface area contributed by atoms with Crippen molar-refractivity contribution < 1.29 is 19.8 Å². The standard InChI is InChI=1S/C14H12N2O4S2/c17-12(18)7-21-11-6-10(9-4-2-1-3-5-9)15-14(16-11)22-8-13(19)20/h1-6H,7-8H2,(H,17,18)(H,19,20)/p-2. The van der Waals surface area contributed by atoms with Gasteiger partial charge >= 0.3 is 0 Å². The Morgan fingerprint density at radius 3 is 2.23 bits per heavy atom. The van der Waals surface area contributed by atoms with E-state index in [0.29, 0.717) is 10.7 Å². The lowest BCUT2D eigenvalue weighted by atomic mass is 10.1. The van der Waals surface area contributed by atoms with Crippen LogP contribution < -0.4 is 10.2 Å². The summed E-state index contributed by atoms with van der Waals surface area (Å²) in [7, 11) is 0. The Morgan fingerprint density at radius 2 is 1.59 bits per heavy atom. The van der Waals surface area contributed by atoms with Gasteiger partial charge in [0, 0.05) is 17.1 Å². The molecule has 0 bridgehead atoms. The van der Waals surface area contributed by atoms with Gasteiger partial charge in [-0.1, -0.05) is 42.1 Å². The first kappa shape index (κ1) is 16.3. The Kier molecular flexibility index (Phi) is 5.79. The Morgan fingerprint density at radius 1 is 0.955 bits per heavy atom. The fourth-order valence-electron chi connectivity index (χ4n) is 1.56. The van der Waals surface area contributed by atoms with Crippen LogP contribution >= 0.6 is 23.5 Å². The number of nitrogens with zero attached hydrogens (tertiary/aromatic N) is 2. The molecule has 114 valence electrons. The van der Waals surface area contributed by atoms with Crippen molar-refractivity contribution in [2.45, 2.75) is 10.2 Å². The molecular formula is C14H10N2O4S2-2. The molecule has 0 unspecified atom stereocenters. The lowest BCUT2D eigenvalue weighted by Gasteiger charge is -2.08. The Labute approximate surface area is 135 Å². The topological polar surface area (TPSA) is 106 Å². The monoisotopic (exact) mass is 334 g/mol. The molecule has 22 heavy (non-hydrogen) atoms. The van der Waals surface area contributed by atoms with Gasteiger partial charge in [-0.3, -0.25) is 0 Å². The molecule has 2 rings (SSSR count). The van der Waals surface area contributed by atoms with Crippen LogP contribution in [0, 0.1) is 0 Å². The van der Waals surface area contributed by atoms with Crippen LogP contribution in [0.3, 0.4) is 0 Å². The summed E-state index contributed by atoms with van der Waals surface area (Å²) in [5, 5.41) is 21.8. The lowest BCUT2D eigenvalue weighted by Crippen LogP contribution is -2.24. The van der Waals surface area contributed by atoms with Gasteiger partial charge in [-0.25, -0.2) is 9.97 Å². The maximum atomic E-state index is 10.6. The molecule has 0 saturated heterocycles. The SMILES string of the molecule is O=C([O-])CSc1cc(-c2ccccc2)nc(SCC(=O)[O-])n1. The van der Waals surface area contributed by atoms with E-state index in [0.717, 1.165) is 29.1 Å². The minimum absolute atomic E-state index is 0.240. The molecule has 0 radical (unpaired) electrons. The van der Waals surface area contributed by atoms with Gasteiger partial charge in [0.1, 0.15) is 5.03 Å². The van der Waals surface area contributed by atoms with E-state index in [9.17, 15) is 19.8 Å². The normalized spacial score (nSPS) is 10.4. The number of thioether (sulfide) groups is 2. The minimum Gasteiger partial charge on any atom is -0.549 e. The summed E-state index contributed by atoms with van der Waals surface area (Å²) in [5.74, 6) is -2.94. The van der Waals surface area contributed by atoms with Gasteiger partial charge < -0.3 is 19.8 Å². The highest BCUT2D eigenvalue weighted by molar-refractivity contribution is 8.00. The molecule has 1 aromatic carbocycles. The molecular weight excluding hydrogens is 324 g/mol. The van der Waals surface area contributed by atoms with Crippen LogP contribution in [0.1, 0.15) is 0 Å². The first-order valence-corrected chi connectivity index (χ1v) is 8.11. The number of hydrogen-bond donors (Lipinski definition) is 0. The second kappa shape index (κ2) is 7.81. The van der Waals surface area contributed by atoms with E-state index in [2.05, 4.69) is 9.97 Å². The van der Waals surface area contributed by atoms with Crippen molar-refractivity contribution in [2.24, 2.45) is 0 Å². The average molecular weight is 334 g/mol. The second-order valence-electron chi connectivity index (χ2n) is 4.06. The summed E-state index contributed by atoms with van der Waals surface area (Å²) in [5.41, 5.74) is 1.42. The van der Waals surface area contributed by atoms with Gasteiger partial charge in [-0.15, -0.1) is 11.8 Å². The molecule has 8 heteroatoms. The van der Waals surface area contributed by atoms with E-state index in [1.165, 1.54) is 0 Å².